The molecule has 0 aromatic heterocycles. The van der Waals surface area contributed by atoms with Crippen LogP contribution in [0.4, 0.5) is 13.2 Å². The van der Waals surface area contributed by atoms with Crippen LogP contribution in [0.2, 0.25) is 0 Å². The maximum absolute atomic E-state index is 12.3. The van der Waals surface area contributed by atoms with Crippen molar-refractivity contribution in [2.75, 3.05) is 0 Å². The molecule has 0 bridgehead atoms. The molecular formula is C9H6BrF3O2. The van der Waals surface area contributed by atoms with Crippen molar-refractivity contribution in [2.45, 2.75) is 13.1 Å². The zero-order valence-electron chi connectivity index (χ0n) is 7.52. The quantitative estimate of drug-likeness (QED) is 0.802. The molecule has 2 nitrogen and oxygen atoms in total. The van der Waals surface area contributed by atoms with Crippen LogP contribution in [0.1, 0.15) is 22.8 Å². The molecule has 0 heterocycles. The third-order valence-electron chi connectivity index (χ3n) is 1.77. The maximum atomic E-state index is 12.3. The number of hydrogen-bond donors (Lipinski definition) is 1. The average molecular weight is 283 g/mol. The van der Waals surface area contributed by atoms with Crippen LogP contribution in [-0.4, -0.2) is 10.9 Å². The number of rotatable bonds is 1. The van der Waals surface area contributed by atoms with E-state index in [1.807, 2.05) is 0 Å². The van der Waals surface area contributed by atoms with Gasteiger partial charge in [0.1, 0.15) is 5.75 Å². The van der Waals surface area contributed by atoms with E-state index in [2.05, 4.69) is 15.9 Å². The Bertz CT molecular complexity index is 413. The minimum absolute atomic E-state index is 0.144. The zero-order valence-corrected chi connectivity index (χ0v) is 9.11. The van der Waals surface area contributed by atoms with Crippen LogP contribution in [0.5, 0.6) is 5.75 Å². The molecule has 0 aliphatic rings. The van der Waals surface area contributed by atoms with Gasteiger partial charge in [0.05, 0.1) is 11.1 Å². The number of phenolic OH excluding ortho intramolecular Hbond substituents is 1. The van der Waals surface area contributed by atoms with E-state index >= 15 is 0 Å². The summed E-state index contributed by atoms with van der Waals surface area (Å²) in [5.41, 5.74) is -1.15. The topological polar surface area (TPSA) is 37.3 Å². The van der Waals surface area contributed by atoms with Crippen LogP contribution in [-0.2, 0) is 6.18 Å². The maximum Gasteiger partial charge on any atom is 0.417 e. The molecule has 1 rings (SSSR count). The van der Waals surface area contributed by atoms with Crippen LogP contribution in [0, 0.1) is 0 Å². The van der Waals surface area contributed by atoms with E-state index in [4.69, 9.17) is 0 Å². The van der Waals surface area contributed by atoms with Gasteiger partial charge in [-0.1, -0.05) is 15.9 Å². The number of alkyl halides is 3. The van der Waals surface area contributed by atoms with E-state index < -0.39 is 23.3 Å². The van der Waals surface area contributed by atoms with Crippen LogP contribution in [0.25, 0.3) is 0 Å². The Morgan fingerprint density at radius 1 is 1.40 bits per heavy atom. The van der Waals surface area contributed by atoms with Crippen LogP contribution < -0.4 is 0 Å². The highest BCUT2D eigenvalue weighted by Crippen LogP contribution is 2.38. The smallest absolute Gasteiger partial charge is 0.417 e. The van der Waals surface area contributed by atoms with Gasteiger partial charge in [-0.25, -0.2) is 0 Å². The number of aromatic hydroxyl groups is 1. The number of ketones is 1. The molecule has 1 aromatic rings. The molecule has 0 amide bonds. The highest BCUT2D eigenvalue weighted by Gasteiger charge is 2.34. The number of hydrogen-bond acceptors (Lipinski definition) is 2. The van der Waals surface area contributed by atoms with Gasteiger partial charge in [0, 0.05) is 4.47 Å². The Kier molecular flexibility index (Phi) is 3.08. The van der Waals surface area contributed by atoms with Crippen molar-refractivity contribution in [2.24, 2.45) is 0 Å². The lowest BCUT2D eigenvalue weighted by atomic mass is 10.1. The summed E-state index contributed by atoms with van der Waals surface area (Å²) in [6, 6.07) is 1.49. The van der Waals surface area contributed by atoms with Gasteiger partial charge in [0.15, 0.2) is 5.78 Å². The van der Waals surface area contributed by atoms with Gasteiger partial charge in [-0.3, -0.25) is 4.79 Å². The van der Waals surface area contributed by atoms with Gasteiger partial charge in [0.25, 0.3) is 0 Å². The predicted molar refractivity (Wildman–Crippen MR) is 50.8 cm³/mol. The van der Waals surface area contributed by atoms with Gasteiger partial charge < -0.3 is 5.11 Å². The molecule has 82 valence electrons. The van der Waals surface area contributed by atoms with Crippen molar-refractivity contribution in [1.29, 1.82) is 0 Å². The lowest BCUT2D eigenvalue weighted by Crippen LogP contribution is -2.07. The van der Waals surface area contributed by atoms with E-state index in [-0.39, 0.29) is 10.0 Å². The second kappa shape index (κ2) is 3.84. The lowest BCUT2D eigenvalue weighted by molar-refractivity contribution is -0.138. The molecule has 0 spiro atoms. The summed E-state index contributed by atoms with van der Waals surface area (Å²) in [4.78, 5) is 10.9. The molecule has 0 saturated heterocycles. The summed E-state index contributed by atoms with van der Waals surface area (Å²) in [6.07, 6.45) is -4.56. The van der Waals surface area contributed by atoms with E-state index in [1.165, 1.54) is 0 Å². The summed E-state index contributed by atoms with van der Waals surface area (Å²) in [6.45, 7) is 1.16. The van der Waals surface area contributed by atoms with Gasteiger partial charge in [-0.2, -0.15) is 13.2 Å². The third kappa shape index (κ3) is 2.50. The molecule has 0 aliphatic carbocycles. The molecule has 0 fully saturated rings. The van der Waals surface area contributed by atoms with Crippen molar-refractivity contribution in [1.82, 2.24) is 0 Å². The van der Waals surface area contributed by atoms with Crippen molar-refractivity contribution in [3.05, 3.63) is 27.7 Å². The summed E-state index contributed by atoms with van der Waals surface area (Å²) in [7, 11) is 0. The van der Waals surface area contributed by atoms with Crippen molar-refractivity contribution < 1.29 is 23.1 Å². The van der Waals surface area contributed by atoms with Crippen LogP contribution in [0.3, 0.4) is 0 Å². The number of benzene rings is 1. The van der Waals surface area contributed by atoms with Crippen molar-refractivity contribution in [3.63, 3.8) is 0 Å². The molecule has 0 atom stereocenters. The first kappa shape index (κ1) is 12.0. The molecule has 15 heavy (non-hydrogen) atoms. The molecule has 0 saturated carbocycles. The normalized spacial score (nSPS) is 11.5. The average Bonchev–Trinajstić information content (AvgIpc) is 2.06. The number of carbonyl (C=O) groups excluding carboxylic acids is 1. The van der Waals surface area contributed by atoms with Crippen LogP contribution in [0.15, 0.2) is 16.6 Å². The number of halogens is 4. The Hall–Kier alpha value is -1.04. The highest BCUT2D eigenvalue weighted by atomic mass is 79.9. The molecule has 0 aliphatic heterocycles. The van der Waals surface area contributed by atoms with E-state index in [1.54, 1.807) is 0 Å². The standard InChI is InChI=1S/C9H6BrF3O2/c1-4(14)5-2-7(10)6(3-8(5)15)9(11,12)13/h2-3,15H,1H3. The first-order valence-electron chi connectivity index (χ1n) is 3.84. The minimum atomic E-state index is -4.56. The lowest BCUT2D eigenvalue weighted by Gasteiger charge is -2.11. The monoisotopic (exact) mass is 282 g/mol. The number of Topliss-reactive ketones (excluding diaryl/α,β-unsaturated/α-hetero) is 1. The molecule has 0 unspecified atom stereocenters. The summed E-state index contributed by atoms with van der Waals surface area (Å²) >= 11 is 2.70. The Labute approximate surface area is 91.8 Å². The van der Waals surface area contributed by atoms with Crippen LogP contribution >= 0.6 is 15.9 Å². The van der Waals surface area contributed by atoms with E-state index in [0.717, 1.165) is 13.0 Å². The largest absolute Gasteiger partial charge is 0.507 e. The minimum Gasteiger partial charge on any atom is -0.507 e. The number of phenols is 1. The Morgan fingerprint density at radius 2 is 1.93 bits per heavy atom. The molecule has 6 heteroatoms. The third-order valence-corrected chi connectivity index (χ3v) is 2.43. The summed E-state index contributed by atoms with van der Waals surface area (Å²) in [5, 5.41) is 9.21. The second-order valence-electron chi connectivity index (χ2n) is 2.90. The summed E-state index contributed by atoms with van der Waals surface area (Å²) in [5.74, 6) is -1.17. The van der Waals surface area contributed by atoms with Crippen molar-refractivity contribution in [3.8, 4) is 5.75 Å². The molecule has 0 radical (unpaired) electrons. The fraction of sp³-hybridized carbons (Fsp3) is 0.222. The Balaban J connectivity index is 3.39. The highest BCUT2D eigenvalue weighted by molar-refractivity contribution is 9.10. The van der Waals surface area contributed by atoms with E-state index in [0.29, 0.717) is 6.07 Å². The SMILES string of the molecule is CC(=O)c1cc(Br)c(C(F)(F)F)cc1O. The van der Waals surface area contributed by atoms with E-state index in [9.17, 15) is 23.1 Å². The molecule has 1 aromatic carbocycles. The first-order valence-corrected chi connectivity index (χ1v) is 4.63. The fourth-order valence-corrected chi connectivity index (χ4v) is 1.63. The van der Waals surface area contributed by atoms with Crippen molar-refractivity contribution >= 4 is 21.7 Å². The molecule has 1 N–H and O–H groups in total. The first-order chi connectivity index (χ1) is 6.73. The fourth-order valence-electron chi connectivity index (χ4n) is 1.06. The second-order valence-corrected chi connectivity index (χ2v) is 3.76. The van der Waals surface area contributed by atoms with Gasteiger partial charge in [0.2, 0.25) is 0 Å². The van der Waals surface area contributed by atoms with Gasteiger partial charge in [-0.15, -0.1) is 0 Å². The van der Waals surface area contributed by atoms with Gasteiger partial charge in [-0.05, 0) is 19.1 Å². The zero-order chi connectivity index (χ0) is 11.8. The predicted octanol–water partition coefficient (Wildman–Crippen LogP) is 3.38. The summed E-state index contributed by atoms with van der Waals surface area (Å²) < 4.78 is 36.7. The number of carbonyl (C=O) groups is 1. The molecular weight excluding hydrogens is 277 g/mol. The Morgan fingerprint density at radius 3 is 2.33 bits per heavy atom. The van der Waals surface area contributed by atoms with Gasteiger partial charge >= 0.3 is 6.18 Å².